The second-order valence-corrected chi connectivity index (χ2v) is 4.14. The lowest BCUT2D eigenvalue weighted by atomic mass is 10.00. The van der Waals surface area contributed by atoms with Crippen LogP contribution in [0.2, 0.25) is 0 Å². The molecule has 0 aliphatic carbocycles. The number of rotatable bonds is 1. The van der Waals surface area contributed by atoms with E-state index in [2.05, 4.69) is 35.0 Å². The van der Waals surface area contributed by atoms with E-state index in [-0.39, 0.29) is 0 Å². The summed E-state index contributed by atoms with van der Waals surface area (Å²) in [4.78, 5) is 0. The molecule has 1 atom stereocenters. The van der Waals surface area contributed by atoms with Crippen LogP contribution >= 0.6 is 0 Å². The third kappa shape index (κ3) is 1.43. The van der Waals surface area contributed by atoms with Crippen molar-refractivity contribution in [1.82, 2.24) is 9.78 Å². The van der Waals surface area contributed by atoms with Crippen LogP contribution in [0.5, 0.6) is 0 Å². The van der Waals surface area contributed by atoms with Crippen molar-refractivity contribution in [3.05, 3.63) is 11.8 Å². The van der Waals surface area contributed by atoms with Gasteiger partial charge < -0.3 is 5.32 Å². The highest BCUT2D eigenvalue weighted by molar-refractivity contribution is 5.38. The lowest BCUT2D eigenvalue weighted by Gasteiger charge is -2.28. The first kappa shape index (κ1) is 8.60. The Morgan fingerprint density at radius 1 is 1.62 bits per heavy atom. The van der Waals surface area contributed by atoms with E-state index in [1.807, 2.05) is 6.92 Å². The molecule has 0 saturated carbocycles. The maximum Gasteiger partial charge on any atom is 0.124 e. The van der Waals surface area contributed by atoms with Gasteiger partial charge in [0.25, 0.3) is 0 Å². The van der Waals surface area contributed by atoms with Gasteiger partial charge in [-0.2, -0.15) is 5.10 Å². The average molecular weight is 179 g/mol. The van der Waals surface area contributed by atoms with E-state index in [1.165, 1.54) is 12.2 Å². The minimum Gasteiger partial charge on any atom is -0.370 e. The molecule has 72 valence electrons. The molecular weight excluding hydrogens is 162 g/mol. The molecule has 13 heavy (non-hydrogen) atoms. The minimum atomic E-state index is 0.574. The van der Waals surface area contributed by atoms with Gasteiger partial charge in [0, 0.05) is 12.6 Å². The van der Waals surface area contributed by atoms with Crippen molar-refractivity contribution in [1.29, 1.82) is 0 Å². The Kier molecular flexibility index (Phi) is 2.02. The van der Waals surface area contributed by atoms with Crippen molar-refractivity contribution in [3.63, 3.8) is 0 Å². The van der Waals surface area contributed by atoms with Gasteiger partial charge in [0.05, 0.1) is 11.7 Å². The van der Waals surface area contributed by atoms with E-state index >= 15 is 0 Å². The van der Waals surface area contributed by atoms with Crippen LogP contribution in [0.4, 0.5) is 5.82 Å². The standard InChI is InChI=1S/C10H17N3/c1-7(2)9-4-5-11-10-6-8(3)12-13(9)10/h6-7,9,11H,4-5H2,1-3H3. The number of anilines is 1. The topological polar surface area (TPSA) is 29.9 Å². The predicted molar refractivity (Wildman–Crippen MR) is 53.9 cm³/mol. The van der Waals surface area contributed by atoms with E-state index in [1.54, 1.807) is 0 Å². The second kappa shape index (κ2) is 3.05. The summed E-state index contributed by atoms with van der Waals surface area (Å²) in [6.07, 6.45) is 1.19. The van der Waals surface area contributed by atoms with Gasteiger partial charge in [0.1, 0.15) is 5.82 Å². The van der Waals surface area contributed by atoms with Gasteiger partial charge in [-0.1, -0.05) is 13.8 Å². The Balaban J connectivity index is 2.36. The number of nitrogens with one attached hydrogen (secondary N) is 1. The summed E-state index contributed by atoms with van der Waals surface area (Å²) in [6, 6.07) is 2.69. The summed E-state index contributed by atoms with van der Waals surface area (Å²) in [7, 11) is 0. The monoisotopic (exact) mass is 179 g/mol. The highest BCUT2D eigenvalue weighted by atomic mass is 15.4. The molecule has 0 radical (unpaired) electrons. The maximum absolute atomic E-state index is 4.51. The Labute approximate surface area is 79.1 Å². The molecule has 0 saturated heterocycles. The molecule has 0 spiro atoms. The summed E-state index contributed by atoms with van der Waals surface area (Å²) >= 11 is 0. The molecular formula is C10H17N3. The fraction of sp³-hybridized carbons (Fsp3) is 0.700. The van der Waals surface area contributed by atoms with Crippen molar-refractivity contribution in [3.8, 4) is 0 Å². The molecule has 1 aliphatic heterocycles. The molecule has 3 heteroatoms. The third-order valence-corrected chi connectivity index (χ3v) is 2.69. The van der Waals surface area contributed by atoms with Crippen molar-refractivity contribution in [2.24, 2.45) is 5.92 Å². The van der Waals surface area contributed by atoms with E-state index in [0.717, 1.165) is 12.2 Å². The largest absolute Gasteiger partial charge is 0.370 e. The van der Waals surface area contributed by atoms with E-state index < -0.39 is 0 Å². The molecule has 1 aromatic heterocycles. The molecule has 1 aromatic rings. The highest BCUT2D eigenvalue weighted by Gasteiger charge is 2.22. The van der Waals surface area contributed by atoms with Gasteiger partial charge in [0.15, 0.2) is 0 Å². The summed E-state index contributed by atoms with van der Waals surface area (Å²) in [5.41, 5.74) is 1.11. The van der Waals surface area contributed by atoms with E-state index in [0.29, 0.717) is 12.0 Å². The first-order chi connectivity index (χ1) is 6.18. The molecule has 1 N–H and O–H groups in total. The number of fused-ring (bicyclic) bond motifs is 1. The van der Waals surface area contributed by atoms with Crippen LogP contribution in [0.1, 0.15) is 32.0 Å². The van der Waals surface area contributed by atoms with E-state index in [9.17, 15) is 0 Å². The fourth-order valence-corrected chi connectivity index (χ4v) is 1.99. The molecule has 0 aromatic carbocycles. The van der Waals surface area contributed by atoms with Crippen LogP contribution in [0.3, 0.4) is 0 Å². The second-order valence-electron chi connectivity index (χ2n) is 4.14. The average Bonchev–Trinajstić information content (AvgIpc) is 2.43. The lowest BCUT2D eigenvalue weighted by molar-refractivity contribution is 0.322. The van der Waals surface area contributed by atoms with Crippen LogP contribution in [-0.2, 0) is 0 Å². The number of nitrogens with zero attached hydrogens (tertiary/aromatic N) is 2. The molecule has 0 bridgehead atoms. The van der Waals surface area contributed by atoms with Crippen molar-refractivity contribution in [2.75, 3.05) is 11.9 Å². The Morgan fingerprint density at radius 2 is 2.38 bits per heavy atom. The summed E-state index contributed by atoms with van der Waals surface area (Å²) in [5.74, 6) is 1.85. The quantitative estimate of drug-likeness (QED) is 0.716. The summed E-state index contributed by atoms with van der Waals surface area (Å²) < 4.78 is 2.14. The summed E-state index contributed by atoms with van der Waals surface area (Å²) in [5, 5.41) is 7.88. The smallest absolute Gasteiger partial charge is 0.124 e. The Hall–Kier alpha value is -0.990. The number of hydrogen-bond acceptors (Lipinski definition) is 2. The fourth-order valence-electron chi connectivity index (χ4n) is 1.99. The number of aryl methyl sites for hydroxylation is 1. The number of aromatic nitrogens is 2. The minimum absolute atomic E-state index is 0.574. The van der Waals surface area contributed by atoms with Crippen LogP contribution < -0.4 is 5.32 Å². The Morgan fingerprint density at radius 3 is 3.08 bits per heavy atom. The first-order valence-corrected chi connectivity index (χ1v) is 4.98. The van der Waals surface area contributed by atoms with Gasteiger partial charge in [-0.25, -0.2) is 4.68 Å². The molecule has 1 aliphatic rings. The molecule has 0 amide bonds. The van der Waals surface area contributed by atoms with Crippen LogP contribution in [0, 0.1) is 12.8 Å². The zero-order chi connectivity index (χ0) is 9.42. The highest BCUT2D eigenvalue weighted by Crippen LogP contribution is 2.29. The van der Waals surface area contributed by atoms with Gasteiger partial charge in [-0.05, 0) is 19.3 Å². The van der Waals surface area contributed by atoms with Crippen molar-refractivity contribution in [2.45, 2.75) is 33.2 Å². The van der Waals surface area contributed by atoms with Crippen molar-refractivity contribution >= 4 is 5.82 Å². The third-order valence-electron chi connectivity index (χ3n) is 2.69. The molecule has 0 fully saturated rings. The Bertz CT molecular complexity index is 301. The molecule has 3 nitrogen and oxygen atoms in total. The molecule has 2 heterocycles. The van der Waals surface area contributed by atoms with E-state index in [4.69, 9.17) is 0 Å². The van der Waals surface area contributed by atoms with Crippen LogP contribution in [0.15, 0.2) is 6.07 Å². The van der Waals surface area contributed by atoms with Gasteiger partial charge in [-0.3, -0.25) is 0 Å². The lowest BCUT2D eigenvalue weighted by Crippen LogP contribution is -2.26. The van der Waals surface area contributed by atoms with Gasteiger partial charge >= 0.3 is 0 Å². The SMILES string of the molecule is Cc1cc2n(n1)C(C(C)C)CCN2. The summed E-state index contributed by atoms with van der Waals surface area (Å²) in [6.45, 7) is 7.64. The normalized spacial score (nSPS) is 21.4. The van der Waals surface area contributed by atoms with Gasteiger partial charge in [0.2, 0.25) is 0 Å². The first-order valence-electron chi connectivity index (χ1n) is 4.98. The predicted octanol–water partition coefficient (Wildman–Crippen LogP) is 2.20. The molecule has 1 unspecified atom stereocenters. The van der Waals surface area contributed by atoms with Crippen LogP contribution in [0.25, 0.3) is 0 Å². The molecule has 2 rings (SSSR count). The van der Waals surface area contributed by atoms with Crippen molar-refractivity contribution < 1.29 is 0 Å². The van der Waals surface area contributed by atoms with Crippen LogP contribution in [-0.4, -0.2) is 16.3 Å². The van der Waals surface area contributed by atoms with Gasteiger partial charge in [-0.15, -0.1) is 0 Å². The number of hydrogen-bond donors (Lipinski definition) is 1. The maximum atomic E-state index is 4.51. The zero-order valence-electron chi connectivity index (χ0n) is 8.54. The zero-order valence-corrected chi connectivity index (χ0v) is 8.54.